The third-order valence-electron chi connectivity index (χ3n) is 4.41. The Kier molecular flexibility index (Phi) is 3.54. The van der Waals surface area contributed by atoms with Gasteiger partial charge < -0.3 is 9.90 Å². The first kappa shape index (κ1) is 14.8. The van der Waals surface area contributed by atoms with E-state index in [-0.39, 0.29) is 5.56 Å². The van der Waals surface area contributed by atoms with Gasteiger partial charge in [0.25, 0.3) is 0 Å². The van der Waals surface area contributed by atoms with Crippen LogP contribution in [0.3, 0.4) is 0 Å². The van der Waals surface area contributed by atoms with Crippen LogP contribution in [0.1, 0.15) is 40.0 Å². The Morgan fingerprint density at radius 2 is 1.83 bits per heavy atom. The van der Waals surface area contributed by atoms with Crippen molar-refractivity contribution in [1.82, 2.24) is 14.8 Å². The molecule has 120 valence electrons. The summed E-state index contributed by atoms with van der Waals surface area (Å²) in [6.45, 7) is 0. The van der Waals surface area contributed by atoms with Gasteiger partial charge in [0.1, 0.15) is 5.82 Å². The number of nitrogens with zero attached hydrogens (tertiary/aromatic N) is 2. The molecule has 1 aromatic heterocycles. The van der Waals surface area contributed by atoms with E-state index in [2.05, 4.69) is 22.3 Å². The highest BCUT2D eigenvalue weighted by molar-refractivity contribution is 7.71. The van der Waals surface area contributed by atoms with Gasteiger partial charge in [0.05, 0.1) is 5.97 Å². The molecule has 4 rings (SSSR count). The minimum absolute atomic E-state index is 0.142. The summed E-state index contributed by atoms with van der Waals surface area (Å²) in [5, 5.41) is 18.2. The van der Waals surface area contributed by atoms with Crippen LogP contribution >= 0.6 is 12.2 Å². The number of benzene rings is 2. The van der Waals surface area contributed by atoms with Crippen molar-refractivity contribution in [2.75, 3.05) is 0 Å². The van der Waals surface area contributed by atoms with Crippen molar-refractivity contribution < 1.29 is 9.90 Å². The highest BCUT2D eigenvalue weighted by atomic mass is 32.1. The number of carbonyl (C=O) groups is 1. The smallest absolute Gasteiger partial charge is 0.199 e. The highest BCUT2D eigenvalue weighted by Crippen LogP contribution is 2.54. The molecule has 0 saturated heterocycles. The van der Waals surface area contributed by atoms with Crippen LogP contribution in [0.15, 0.2) is 54.6 Å². The zero-order valence-corrected chi connectivity index (χ0v) is 13.5. The molecule has 0 bridgehead atoms. The zero-order valence-electron chi connectivity index (χ0n) is 12.7. The number of nitrogens with one attached hydrogen (secondary N) is 1. The monoisotopic (exact) mass is 336 g/mol. The van der Waals surface area contributed by atoms with E-state index in [1.54, 1.807) is 12.1 Å². The summed E-state index contributed by atoms with van der Waals surface area (Å²) in [6.07, 6.45) is 1.03. The average Bonchev–Trinajstić information content (AvgIpc) is 3.31. The molecule has 2 atom stereocenters. The lowest BCUT2D eigenvalue weighted by Crippen LogP contribution is -2.22. The van der Waals surface area contributed by atoms with Crippen LogP contribution in [-0.4, -0.2) is 20.7 Å². The fraction of sp³-hybridized carbons (Fsp3) is 0.167. The summed E-state index contributed by atoms with van der Waals surface area (Å²) in [7, 11) is 0. The summed E-state index contributed by atoms with van der Waals surface area (Å²) in [5.74, 6) is 0.442. The number of carboxylic acid groups (broad SMARTS) is 1. The molecule has 0 aliphatic heterocycles. The number of aromatic carboxylic acids is 1. The van der Waals surface area contributed by atoms with Crippen molar-refractivity contribution >= 4 is 18.2 Å². The molecule has 24 heavy (non-hydrogen) atoms. The maximum absolute atomic E-state index is 10.9. The van der Waals surface area contributed by atoms with Gasteiger partial charge in [0.15, 0.2) is 4.77 Å². The summed E-state index contributed by atoms with van der Waals surface area (Å²) in [4.78, 5) is 10.9. The fourth-order valence-electron chi connectivity index (χ4n) is 3.10. The summed E-state index contributed by atoms with van der Waals surface area (Å²) in [5.41, 5.74) is 2.24. The number of hydrogen-bond acceptors (Lipinski definition) is 4. The molecule has 1 fully saturated rings. The molecule has 1 saturated carbocycles. The standard InChI is InChI=1S/C18H15N3O2S/c22-17(23)12-6-8-13(9-7-12)21-16(19-20-18(21)24)15-10-14(15)11-4-2-1-3-5-11/h1-9,14-15H,10H2,(H,20,24)(H,22,23)/p-1/t14-,15+/m1/s1. The second-order valence-electron chi connectivity index (χ2n) is 5.92. The first-order valence-electron chi connectivity index (χ1n) is 7.69. The first-order chi connectivity index (χ1) is 11.6. The van der Waals surface area contributed by atoms with Crippen molar-refractivity contribution in [1.29, 1.82) is 0 Å². The number of carbonyl (C=O) groups excluding carboxylic acids is 1. The topological polar surface area (TPSA) is 73.7 Å². The number of rotatable bonds is 4. The predicted molar refractivity (Wildman–Crippen MR) is 89.6 cm³/mol. The van der Waals surface area contributed by atoms with Crippen molar-refractivity contribution in [3.63, 3.8) is 0 Å². The lowest BCUT2D eigenvalue weighted by molar-refractivity contribution is -0.255. The lowest BCUT2D eigenvalue weighted by Gasteiger charge is -2.08. The Morgan fingerprint density at radius 3 is 2.50 bits per heavy atom. The van der Waals surface area contributed by atoms with Gasteiger partial charge in [0.2, 0.25) is 0 Å². The largest absolute Gasteiger partial charge is 0.545 e. The summed E-state index contributed by atoms with van der Waals surface area (Å²) < 4.78 is 2.38. The Balaban J connectivity index is 1.68. The minimum atomic E-state index is -1.19. The summed E-state index contributed by atoms with van der Waals surface area (Å²) >= 11 is 5.36. The Hall–Kier alpha value is -2.73. The number of carboxylic acids is 1. The number of hydrogen-bond donors (Lipinski definition) is 1. The third kappa shape index (κ3) is 2.55. The SMILES string of the molecule is O=C([O-])c1ccc(-n2c([C@H]3C[C@@H]3c3ccccc3)n[nH]c2=S)cc1. The molecule has 1 heterocycles. The molecule has 6 heteroatoms. The van der Waals surface area contributed by atoms with Crippen molar-refractivity contribution in [3.05, 3.63) is 76.3 Å². The molecular formula is C18H14N3O2S-. The molecule has 1 aliphatic carbocycles. The van der Waals surface area contributed by atoms with Gasteiger partial charge >= 0.3 is 0 Å². The Morgan fingerprint density at radius 1 is 1.12 bits per heavy atom. The molecule has 0 radical (unpaired) electrons. The zero-order chi connectivity index (χ0) is 16.7. The van der Waals surface area contributed by atoms with Gasteiger partial charge in [-0.2, -0.15) is 5.10 Å². The second kappa shape index (κ2) is 5.72. The van der Waals surface area contributed by atoms with Gasteiger partial charge in [-0.25, -0.2) is 0 Å². The number of aromatic nitrogens is 3. The van der Waals surface area contributed by atoms with Crippen LogP contribution in [0.4, 0.5) is 0 Å². The molecule has 1 aliphatic rings. The maximum atomic E-state index is 10.9. The van der Waals surface area contributed by atoms with Crippen molar-refractivity contribution in [2.45, 2.75) is 18.3 Å². The van der Waals surface area contributed by atoms with E-state index < -0.39 is 5.97 Å². The highest BCUT2D eigenvalue weighted by Gasteiger charge is 2.43. The van der Waals surface area contributed by atoms with Gasteiger partial charge in [-0.15, -0.1) is 0 Å². The van der Waals surface area contributed by atoms with Crippen LogP contribution in [0.2, 0.25) is 0 Å². The van der Waals surface area contributed by atoms with E-state index in [1.165, 1.54) is 17.7 Å². The molecule has 1 N–H and O–H groups in total. The van der Waals surface area contributed by atoms with Gasteiger partial charge in [-0.1, -0.05) is 42.5 Å². The van der Waals surface area contributed by atoms with E-state index in [0.717, 1.165) is 17.9 Å². The Bertz CT molecular complexity index is 944. The molecule has 5 nitrogen and oxygen atoms in total. The lowest BCUT2D eigenvalue weighted by atomic mass is 10.1. The average molecular weight is 336 g/mol. The van der Waals surface area contributed by atoms with E-state index in [1.807, 2.05) is 22.8 Å². The molecule has 2 aromatic carbocycles. The number of H-pyrrole nitrogens is 1. The first-order valence-corrected chi connectivity index (χ1v) is 8.10. The molecule has 0 spiro atoms. The second-order valence-corrected chi connectivity index (χ2v) is 6.30. The molecule has 0 amide bonds. The van der Waals surface area contributed by atoms with E-state index in [4.69, 9.17) is 12.2 Å². The van der Waals surface area contributed by atoms with Crippen LogP contribution < -0.4 is 5.11 Å². The quantitative estimate of drug-likeness (QED) is 0.743. The molecule has 3 aromatic rings. The maximum Gasteiger partial charge on any atom is 0.199 e. The van der Waals surface area contributed by atoms with Crippen LogP contribution in [0, 0.1) is 4.77 Å². The summed E-state index contributed by atoms with van der Waals surface area (Å²) in [6, 6.07) is 16.8. The third-order valence-corrected chi connectivity index (χ3v) is 4.68. The van der Waals surface area contributed by atoms with Gasteiger partial charge in [0, 0.05) is 11.6 Å². The van der Waals surface area contributed by atoms with E-state index >= 15 is 0 Å². The van der Waals surface area contributed by atoms with Crippen LogP contribution in [0.25, 0.3) is 5.69 Å². The molecular weight excluding hydrogens is 322 g/mol. The minimum Gasteiger partial charge on any atom is -0.545 e. The van der Waals surface area contributed by atoms with Crippen LogP contribution in [-0.2, 0) is 0 Å². The fourth-order valence-corrected chi connectivity index (χ4v) is 3.35. The van der Waals surface area contributed by atoms with Crippen molar-refractivity contribution in [3.8, 4) is 5.69 Å². The normalized spacial score (nSPS) is 19.2. The predicted octanol–water partition coefficient (Wildman–Crippen LogP) is 2.56. The number of aromatic amines is 1. The molecule has 0 unspecified atom stereocenters. The Labute approximate surface area is 143 Å². The van der Waals surface area contributed by atoms with E-state index in [0.29, 0.717) is 16.6 Å². The van der Waals surface area contributed by atoms with Gasteiger partial charge in [-0.3, -0.25) is 9.67 Å². The van der Waals surface area contributed by atoms with Crippen LogP contribution in [0.5, 0.6) is 0 Å². The van der Waals surface area contributed by atoms with Gasteiger partial charge in [-0.05, 0) is 47.8 Å². The van der Waals surface area contributed by atoms with Crippen molar-refractivity contribution in [2.24, 2.45) is 0 Å². The van der Waals surface area contributed by atoms with E-state index in [9.17, 15) is 9.90 Å².